The maximum atomic E-state index is 13.3. The van der Waals surface area contributed by atoms with E-state index < -0.39 is 5.82 Å². The number of aromatic nitrogens is 1. The SMILES string of the molecule is O=C(c1cc(F)ccc1O)N1CCSCC1c1nccs1. The molecule has 2 heterocycles. The maximum Gasteiger partial charge on any atom is 0.258 e. The molecule has 1 aliphatic heterocycles. The lowest BCUT2D eigenvalue weighted by Crippen LogP contribution is -2.40. The van der Waals surface area contributed by atoms with E-state index in [-0.39, 0.29) is 23.3 Å². The standard InChI is InChI=1S/C14H13FN2O2S2/c15-9-1-2-12(18)10(7-9)14(19)17-4-6-20-8-11(17)13-16-3-5-21-13/h1-3,5,7,11,18H,4,6,8H2. The average molecular weight is 324 g/mol. The van der Waals surface area contributed by atoms with Crippen molar-refractivity contribution in [1.29, 1.82) is 0 Å². The molecule has 1 saturated heterocycles. The van der Waals surface area contributed by atoms with Crippen molar-refractivity contribution in [2.24, 2.45) is 0 Å². The Labute approximate surface area is 129 Å². The molecule has 1 unspecified atom stereocenters. The quantitative estimate of drug-likeness (QED) is 0.923. The fourth-order valence-corrected chi connectivity index (χ4v) is 4.19. The molecular formula is C14H13FN2O2S2. The Morgan fingerprint density at radius 1 is 1.48 bits per heavy atom. The molecule has 1 amide bonds. The lowest BCUT2D eigenvalue weighted by Gasteiger charge is -2.34. The van der Waals surface area contributed by atoms with E-state index in [1.165, 1.54) is 17.4 Å². The third-order valence-corrected chi connectivity index (χ3v) is 5.21. The van der Waals surface area contributed by atoms with E-state index in [1.807, 2.05) is 5.38 Å². The molecule has 7 heteroatoms. The van der Waals surface area contributed by atoms with Gasteiger partial charge in [-0.2, -0.15) is 11.8 Å². The molecule has 0 bridgehead atoms. The number of phenols is 1. The van der Waals surface area contributed by atoms with E-state index >= 15 is 0 Å². The Morgan fingerprint density at radius 2 is 2.33 bits per heavy atom. The molecular weight excluding hydrogens is 311 g/mol. The number of halogens is 1. The van der Waals surface area contributed by atoms with Gasteiger partial charge in [-0.25, -0.2) is 9.37 Å². The van der Waals surface area contributed by atoms with Crippen LogP contribution in [0.1, 0.15) is 21.4 Å². The molecule has 0 aliphatic carbocycles. The molecule has 1 aromatic heterocycles. The van der Waals surface area contributed by atoms with Crippen LogP contribution in [0.2, 0.25) is 0 Å². The normalized spacial score (nSPS) is 18.7. The molecule has 1 atom stereocenters. The third-order valence-electron chi connectivity index (χ3n) is 3.31. The van der Waals surface area contributed by atoms with Gasteiger partial charge in [-0.15, -0.1) is 11.3 Å². The summed E-state index contributed by atoms with van der Waals surface area (Å²) in [5.41, 5.74) is 0.00320. The number of thiazole rings is 1. The monoisotopic (exact) mass is 324 g/mol. The fraction of sp³-hybridized carbons (Fsp3) is 0.286. The summed E-state index contributed by atoms with van der Waals surface area (Å²) in [4.78, 5) is 18.6. The molecule has 1 aliphatic rings. The summed E-state index contributed by atoms with van der Waals surface area (Å²) in [6.07, 6.45) is 1.71. The zero-order chi connectivity index (χ0) is 14.8. The highest BCUT2D eigenvalue weighted by Crippen LogP contribution is 2.33. The van der Waals surface area contributed by atoms with Crippen molar-refractivity contribution >= 4 is 29.0 Å². The van der Waals surface area contributed by atoms with E-state index in [0.717, 1.165) is 28.6 Å². The zero-order valence-corrected chi connectivity index (χ0v) is 12.7. The molecule has 1 fully saturated rings. The van der Waals surface area contributed by atoms with Gasteiger partial charge in [0, 0.05) is 29.6 Å². The van der Waals surface area contributed by atoms with E-state index in [4.69, 9.17) is 0 Å². The zero-order valence-electron chi connectivity index (χ0n) is 11.0. The van der Waals surface area contributed by atoms with Crippen molar-refractivity contribution in [2.75, 3.05) is 18.1 Å². The van der Waals surface area contributed by atoms with Gasteiger partial charge in [0.2, 0.25) is 0 Å². The Bertz CT molecular complexity index is 648. The minimum absolute atomic E-state index is 0.00320. The summed E-state index contributed by atoms with van der Waals surface area (Å²) < 4.78 is 13.3. The third kappa shape index (κ3) is 2.89. The Hall–Kier alpha value is -1.60. The van der Waals surface area contributed by atoms with Crippen LogP contribution in [0.5, 0.6) is 5.75 Å². The van der Waals surface area contributed by atoms with Crippen LogP contribution in [0, 0.1) is 5.82 Å². The summed E-state index contributed by atoms with van der Waals surface area (Å²) in [5.74, 6) is 0.498. The summed E-state index contributed by atoms with van der Waals surface area (Å²) in [5, 5.41) is 12.6. The van der Waals surface area contributed by atoms with Crippen molar-refractivity contribution in [3.8, 4) is 5.75 Å². The predicted molar refractivity (Wildman–Crippen MR) is 81.3 cm³/mol. The van der Waals surface area contributed by atoms with Gasteiger partial charge in [0.05, 0.1) is 11.6 Å². The van der Waals surface area contributed by atoms with Gasteiger partial charge in [0.15, 0.2) is 0 Å². The van der Waals surface area contributed by atoms with Crippen LogP contribution in [0.25, 0.3) is 0 Å². The Balaban J connectivity index is 1.93. The minimum Gasteiger partial charge on any atom is -0.507 e. The molecule has 0 radical (unpaired) electrons. The second-order valence-corrected chi connectivity index (χ2v) is 6.70. The first-order valence-electron chi connectivity index (χ1n) is 6.43. The molecule has 0 saturated carbocycles. The van der Waals surface area contributed by atoms with Gasteiger partial charge >= 0.3 is 0 Å². The number of hydrogen-bond acceptors (Lipinski definition) is 5. The van der Waals surface area contributed by atoms with E-state index in [0.29, 0.717) is 6.54 Å². The maximum absolute atomic E-state index is 13.3. The number of thioether (sulfide) groups is 1. The highest BCUT2D eigenvalue weighted by molar-refractivity contribution is 7.99. The minimum atomic E-state index is -0.534. The molecule has 1 N–H and O–H groups in total. The van der Waals surface area contributed by atoms with Gasteiger partial charge in [0.1, 0.15) is 16.6 Å². The number of nitrogens with zero attached hydrogens (tertiary/aromatic N) is 2. The number of benzene rings is 1. The van der Waals surface area contributed by atoms with Gasteiger partial charge in [0.25, 0.3) is 5.91 Å². The number of rotatable bonds is 2. The molecule has 3 rings (SSSR count). The number of phenolic OH excluding ortho intramolecular Hbond substituents is 1. The van der Waals surface area contributed by atoms with E-state index in [9.17, 15) is 14.3 Å². The predicted octanol–water partition coefficient (Wildman–Crippen LogP) is 2.92. The van der Waals surface area contributed by atoms with Crippen LogP contribution in [0.3, 0.4) is 0 Å². The number of aromatic hydroxyl groups is 1. The Kier molecular flexibility index (Phi) is 4.12. The molecule has 110 valence electrons. The smallest absolute Gasteiger partial charge is 0.258 e. The van der Waals surface area contributed by atoms with Gasteiger partial charge in [-0.1, -0.05) is 0 Å². The fourth-order valence-electron chi connectivity index (χ4n) is 2.28. The van der Waals surface area contributed by atoms with E-state index in [2.05, 4.69) is 4.98 Å². The number of carbonyl (C=O) groups is 1. The highest BCUT2D eigenvalue weighted by atomic mass is 32.2. The summed E-state index contributed by atoms with van der Waals surface area (Å²) in [6.45, 7) is 0.559. The van der Waals surface area contributed by atoms with Crippen LogP contribution in [0.15, 0.2) is 29.8 Å². The van der Waals surface area contributed by atoms with Crippen molar-refractivity contribution in [1.82, 2.24) is 9.88 Å². The van der Waals surface area contributed by atoms with Gasteiger partial charge in [-0.3, -0.25) is 4.79 Å². The number of carbonyl (C=O) groups excluding carboxylic acids is 1. The van der Waals surface area contributed by atoms with Crippen LogP contribution < -0.4 is 0 Å². The summed E-state index contributed by atoms with van der Waals surface area (Å²) >= 11 is 3.26. The first kappa shape index (κ1) is 14.3. The second kappa shape index (κ2) is 6.03. The van der Waals surface area contributed by atoms with Crippen molar-refractivity contribution in [3.05, 3.63) is 46.2 Å². The first-order chi connectivity index (χ1) is 10.2. The molecule has 1 aromatic carbocycles. The molecule has 2 aromatic rings. The van der Waals surface area contributed by atoms with Crippen molar-refractivity contribution < 1.29 is 14.3 Å². The summed E-state index contributed by atoms with van der Waals surface area (Å²) in [6, 6.07) is 3.30. The lowest BCUT2D eigenvalue weighted by molar-refractivity contribution is 0.0697. The van der Waals surface area contributed by atoms with Crippen molar-refractivity contribution in [2.45, 2.75) is 6.04 Å². The Morgan fingerprint density at radius 3 is 3.10 bits per heavy atom. The van der Waals surface area contributed by atoms with Crippen LogP contribution >= 0.6 is 23.1 Å². The van der Waals surface area contributed by atoms with Crippen LogP contribution in [-0.2, 0) is 0 Å². The largest absolute Gasteiger partial charge is 0.507 e. The van der Waals surface area contributed by atoms with Crippen LogP contribution in [-0.4, -0.2) is 38.9 Å². The van der Waals surface area contributed by atoms with Crippen LogP contribution in [0.4, 0.5) is 4.39 Å². The molecule has 4 nitrogen and oxygen atoms in total. The summed E-state index contributed by atoms with van der Waals surface area (Å²) in [7, 11) is 0. The highest BCUT2D eigenvalue weighted by Gasteiger charge is 2.31. The number of hydrogen-bond donors (Lipinski definition) is 1. The second-order valence-electron chi connectivity index (χ2n) is 4.62. The first-order valence-corrected chi connectivity index (χ1v) is 8.47. The topological polar surface area (TPSA) is 53.4 Å². The number of amides is 1. The van der Waals surface area contributed by atoms with E-state index in [1.54, 1.807) is 22.9 Å². The lowest BCUT2D eigenvalue weighted by atomic mass is 10.1. The van der Waals surface area contributed by atoms with Crippen molar-refractivity contribution in [3.63, 3.8) is 0 Å². The van der Waals surface area contributed by atoms with Gasteiger partial charge < -0.3 is 10.0 Å². The molecule has 0 spiro atoms. The average Bonchev–Trinajstić information content (AvgIpc) is 3.03. The van der Waals surface area contributed by atoms with Gasteiger partial charge in [-0.05, 0) is 18.2 Å². The molecule has 21 heavy (non-hydrogen) atoms.